The van der Waals surface area contributed by atoms with Crippen LogP contribution in [-0.2, 0) is 35.7 Å². The van der Waals surface area contributed by atoms with Crippen molar-refractivity contribution in [2.24, 2.45) is 0 Å². The maximum Gasteiger partial charge on any atom is 2.00 e. The van der Waals surface area contributed by atoms with Crippen molar-refractivity contribution in [2.45, 2.75) is 38.9 Å². The van der Waals surface area contributed by atoms with Gasteiger partial charge in [-0.3, -0.25) is 12.2 Å². The van der Waals surface area contributed by atoms with E-state index < -0.39 is 0 Å². The van der Waals surface area contributed by atoms with Gasteiger partial charge in [0.15, 0.2) is 0 Å². The van der Waals surface area contributed by atoms with Gasteiger partial charge in [0.05, 0.1) is 0 Å². The zero-order chi connectivity index (χ0) is 13.4. The molecule has 0 bridgehead atoms. The molecule has 2 aliphatic rings. The molecule has 0 saturated carbocycles. The van der Waals surface area contributed by atoms with Crippen molar-refractivity contribution in [1.82, 2.24) is 0 Å². The molecule has 0 N–H and O–H groups in total. The van der Waals surface area contributed by atoms with Crippen LogP contribution in [0.1, 0.15) is 26.7 Å². The maximum atomic E-state index is 5.08. The number of methoxy groups -OCH3 is 2. The molecule has 0 aromatic heterocycles. The van der Waals surface area contributed by atoms with Gasteiger partial charge in [0, 0.05) is 26.4 Å². The Balaban J connectivity index is -0.000000270. The number of hydrogen-bond donors (Lipinski definition) is 0. The summed E-state index contributed by atoms with van der Waals surface area (Å²) in [5.74, 6) is 0. The van der Waals surface area contributed by atoms with Gasteiger partial charge in [-0.15, -0.1) is 37.7 Å². The van der Waals surface area contributed by atoms with Crippen molar-refractivity contribution < 1.29 is 35.7 Å². The Morgan fingerprint density at radius 2 is 1.19 bits per heavy atom. The first-order valence-corrected chi connectivity index (χ1v) is 6.29. The number of ether oxygens (including phenoxy) is 2. The fourth-order valence-electron chi connectivity index (χ4n) is 1.66. The smallest absolute Gasteiger partial charge is 0.380 e. The van der Waals surface area contributed by atoms with Gasteiger partial charge in [-0.1, -0.05) is 0 Å². The predicted molar refractivity (Wildman–Crippen MR) is 88.5 cm³/mol. The molecule has 0 amide bonds. The summed E-state index contributed by atoms with van der Waals surface area (Å²) in [7, 11) is 3.43. The summed E-state index contributed by atoms with van der Waals surface area (Å²) in [5, 5.41) is 0. The molecule has 0 fully saturated rings. The van der Waals surface area contributed by atoms with Crippen LogP contribution in [0.3, 0.4) is 0 Å². The Kier molecular flexibility index (Phi) is 19.1. The summed E-state index contributed by atoms with van der Waals surface area (Å²) in [6, 6.07) is 0. The molecule has 2 atom stereocenters. The van der Waals surface area contributed by atoms with Crippen LogP contribution in [0.4, 0.5) is 0 Å². The van der Waals surface area contributed by atoms with Crippen molar-refractivity contribution in [3.63, 3.8) is 0 Å². The van der Waals surface area contributed by atoms with Crippen LogP contribution in [0.2, 0.25) is 0 Å². The van der Waals surface area contributed by atoms with Crippen molar-refractivity contribution in [3.8, 4) is 0 Å². The molecule has 0 saturated heterocycles. The van der Waals surface area contributed by atoms with Gasteiger partial charge >= 0.3 is 26.2 Å². The molecule has 21 heavy (non-hydrogen) atoms. The normalized spacial score (nSPS) is 17.1. The van der Waals surface area contributed by atoms with Crippen molar-refractivity contribution in [1.29, 1.82) is 0 Å². The van der Waals surface area contributed by atoms with Crippen LogP contribution in [0.15, 0.2) is 35.5 Å². The van der Waals surface area contributed by atoms with Crippen LogP contribution < -0.4 is 0 Å². The molecular weight excluding hydrogens is 386 g/mol. The zero-order valence-electron chi connectivity index (χ0n) is 13.0. The van der Waals surface area contributed by atoms with Crippen LogP contribution >= 0.6 is 24.8 Å². The molecular formula is C16H24Cl2O2Zr. The first-order chi connectivity index (χ1) is 8.69. The van der Waals surface area contributed by atoms with E-state index in [0.29, 0.717) is 0 Å². The van der Waals surface area contributed by atoms with Crippen molar-refractivity contribution in [3.05, 3.63) is 47.6 Å². The average Bonchev–Trinajstić information content (AvgIpc) is 3.09. The third kappa shape index (κ3) is 9.86. The molecule has 0 aliphatic heterocycles. The molecule has 2 aliphatic carbocycles. The number of rotatable bonds is 4. The minimum Gasteiger partial charge on any atom is -0.380 e. The Bertz CT molecular complexity index is 340. The Morgan fingerprint density at radius 3 is 1.38 bits per heavy atom. The first-order valence-electron chi connectivity index (χ1n) is 6.29. The fraction of sp³-hybridized carbons (Fsp3) is 0.500. The first kappa shape index (κ1) is 26.3. The standard InChI is InChI=1S/2C8H11O.2ClH.Zr/c2*1-7(9-2)8-5-3-4-6-8;;;/h2*3,5,7H,4H2,1-2H3;2*1H;/q2*-1;;;+2. The second kappa shape index (κ2) is 15.2. The summed E-state index contributed by atoms with van der Waals surface area (Å²) in [5.41, 5.74) is 2.36. The maximum absolute atomic E-state index is 5.08. The van der Waals surface area contributed by atoms with E-state index in [-0.39, 0.29) is 63.2 Å². The molecule has 2 nitrogen and oxygen atoms in total. The summed E-state index contributed by atoms with van der Waals surface area (Å²) in [6.07, 6.45) is 17.0. The number of halogens is 2. The number of hydrogen-bond acceptors (Lipinski definition) is 2. The van der Waals surface area contributed by atoms with Gasteiger partial charge in [-0.05, 0) is 13.8 Å². The van der Waals surface area contributed by atoms with Gasteiger partial charge in [0.1, 0.15) is 0 Å². The summed E-state index contributed by atoms with van der Waals surface area (Å²) >= 11 is 0. The van der Waals surface area contributed by atoms with Crippen molar-refractivity contribution >= 4 is 24.8 Å². The Hall–Kier alpha value is 0.343. The van der Waals surface area contributed by atoms with Gasteiger partial charge in [-0.25, -0.2) is 12.2 Å². The average molecular weight is 410 g/mol. The van der Waals surface area contributed by atoms with E-state index in [2.05, 4.69) is 36.5 Å². The van der Waals surface area contributed by atoms with Crippen LogP contribution in [0.25, 0.3) is 0 Å². The van der Waals surface area contributed by atoms with E-state index in [4.69, 9.17) is 9.47 Å². The molecule has 0 heterocycles. The van der Waals surface area contributed by atoms with E-state index >= 15 is 0 Å². The van der Waals surface area contributed by atoms with E-state index in [1.807, 2.05) is 13.8 Å². The van der Waals surface area contributed by atoms with E-state index in [9.17, 15) is 0 Å². The molecule has 0 spiro atoms. The molecule has 118 valence electrons. The fourth-order valence-corrected chi connectivity index (χ4v) is 1.66. The molecule has 5 heteroatoms. The quantitative estimate of drug-likeness (QED) is 0.645. The molecule has 2 unspecified atom stereocenters. The molecule has 0 aromatic carbocycles. The largest absolute Gasteiger partial charge is 2.00 e. The minimum absolute atomic E-state index is 0. The van der Waals surface area contributed by atoms with Crippen LogP contribution in [0, 0.1) is 12.2 Å². The van der Waals surface area contributed by atoms with E-state index in [0.717, 1.165) is 12.8 Å². The van der Waals surface area contributed by atoms with Gasteiger partial charge in [-0.2, -0.15) is 23.3 Å². The van der Waals surface area contributed by atoms with E-state index in [1.165, 1.54) is 11.1 Å². The third-order valence-electron chi connectivity index (χ3n) is 3.03. The molecule has 0 radical (unpaired) electrons. The van der Waals surface area contributed by atoms with Gasteiger partial charge in [0.2, 0.25) is 0 Å². The third-order valence-corrected chi connectivity index (χ3v) is 3.03. The topological polar surface area (TPSA) is 18.5 Å². The monoisotopic (exact) mass is 408 g/mol. The Morgan fingerprint density at radius 1 is 0.857 bits per heavy atom. The van der Waals surface area contributed by atoms with Crippen molar-refractivity contribution in [2.75, 3.05) is 14.2 Å². The SMILES string of the molecule is COC(C)C1=[C-]CC=C1.COC(C)C1=[C-]CC=C1.Cl.Cl.[Zr+2]. The van der Waals surface area contributed by atoms with E-state index in [1.54, 1.807) is 14.2 Å². The molecule has 2 rings (SSSR count). The Labute approximate surface area is 160 Å². The van der Waals surface area contributed by atoms with Gasteiger partial charge < -0.3 is 9.47 Å². The van der Waals surface area contributed by atoms with Crippen LogP contribution in [-0.4, -0.2) is 26.4 Å². The summed E-state index contributed by atoms with van der Waals surface area (Å²) < 4.78 is 10.2. The minimum atomic E-state index is 0. The summed E-state index contributed by atoms with van der Waals surface area (Å²) in [6.45, 7) is 4.05. The van der Waals surface area contributed by atoms with Crippen LogP contribution in [0.5, 0.6) is 0 Å². The number of allylic oxidation sites excluding steroid dienone is 4. The summed E-state index contributed by atoms with van der Waals surface area (Å²) in [4.78, 5) is 0. The zero-order valence-corrected chi connectivity index (χ0v) is 17.1. The second-order valence-corrected chi connectivity index (χ2v) is 4.23. The molecule has 0 aromatic rings. The predicted octanol–water partition coefficient (Wildman–Crippen LogP) is 4.26. The van der Waals surface area contributed by atoms with Gasteiger partial charge in [0.25, 0.3) is 0 Å². The second-order valence-electron chi connectivity index (χ2n) is 4.23.